The molecular weight excluding hydrogens is 242 g/mol. The van der Waals surface area contributed by atoms with Crippen molar-refractivity contribution in [1.82, 2.24) is 24.9 Å². The molecule has 1 aliphatic heterocycles. The Morgan fingerprint density at radius 1 is 1.42 bits per heavy atom. The van der Waals surface area contributed by atoms with E-state index in [1.807, 2.05) is 17.4 Å². The molecule has 0 saturated carbocycles. The maximum Gasteiger partial charge on any atom is 0.163 e. The zero-order valence-electron chi connectivity index (χ0n) is 11.3. The number of aryl methyl sites for hydroxylation is 1. The van der Waals surface area contributed by atoms with Crippen LogP contribution in [0, 0.1) is 6.92 Å². The molecular formula is C13H19N5O. The molecule has 1 N–H and O–H groups in total. The van der Waals surface area contributed by atoms with Gasteiger partial charge in [-0.2, -0.15) is 0 Å². The Hall–Kier alpha value is -1.53. The van der Waals surface area contributed by atoms with Crippen molar-refractivity contribution in [2.75, 3.05) is 19.8 Å². The number of fused-ring (bicyclic) bond motifs is 1. The molecule has 0 aromatic carbocycles. The molecule has 6 nitrogen and oxygen atoms in total. The molecule has 2 atom stereocenters. The van der Waals surface area contributed by atoms with E-state index < -0.39 is 0 Å². The highest BCUT2D eigenvalue weighted by Gasteiger charge is 2.32. The van der Waals surface area contributed by atoms with Crippen molar-refractivity contribution >= 4 is 5.65 Å². The van der Waals surface area contributed by atoms with E-state index in [4.69, 9.17) is 4.74 Å². The average molecular weight is 261 g/mol. The van der Waals surface area contributed by atoms with Gasteiger partial charge in [0.05, 0.1) is 19.1 Å². The Morgan fingerprint density at radius 2 is 2.32 bits per heavy atom. The standard InChI is InChI=1S/C13H19N5O/c1-3-4-14-11-7-19-6-10(11)13-17-16-12-5-9(2)15-8-18(12)13/h5,8,10-11,14H,3-4,6-7H2,1-2H3. The third-order valence-corrected chi connectivity index (χ3v) is 3.53. The van der Waals surface area contributed by atoms with Crippen molar-refractivity contribution in [1.29, 1.82) is 0 Å². The summed E-state index contributed by atoms with van der Waals surface area (Å²) in [5, 5.41) is 12.1. The first-order valence-corrected chi connectivity index (χ1v) is 6.78. The normalized spacial score (nSPS) is 23.3. The van der Waals surface area contributed by atoms with Gasteiger partial charge in [0.25, 0.3) is 0 Å². The number of nitrogens with one attached hydrogen (secondary N) is 1. The highest BCUT2D eigenvalue weighted by Crippen LogP contribution is 2.24. The van der Waals surface area contributed by atoms with E-state index in [-0.39, 0.29) is 5.92 Å². The van der Waals surface area contributed by atoms with Crippen LogP contribution in [-0.2, 0) is 4.74 Å². The number of nitrogens with zero attached hydrogens (tertiary/aromatic N) is 4. The third-order valence-electron chi connectivity index (χ3n) is 3.53. The second kappa shape index (κ2) is 5.22. The summed E-state index contributed by atoms with van der Waals surface area (Å²) >= 11 is 0. The maximum absolute atomic E-state index is 5.60. The van der Waals surface area contributed by atoms with Gasteiger partial charge in [0, 0.05) is 17.8 Å². The summed E-state index contributed by atoms with van der Waals surface area (Å²) in [4.78, 5) is 4.32. The van der Waals surface area contributed by atoms with E-state index in [1.165, 1.54) is 0 Å². The fourth-order valence-electron chi connectivity index (χ4n) is 2.50. The van der Waals surface area contributed by atoms with Crippen LogP contribution in [0.1, 0.15) is 30.8 Å². The molecule has 1 saturated heterocycles. The van der Waals surface area contributed by atoms with E-state index in [2.05, 4.69) is 27.4 Å². The van der Waals surface area contributed by atoms with E-state index in [1.54, 1.807) is 6.33 Å². The van der Waals surface area contributed by atoms with Gasteiger partial charge >= 0.3 is 0 Å². The van der Waals surface area contributed by atoms with E-state index in [9.17, 15) is 0 Å². The first-order chi connectivity index (χ1) is 9.29. The lowest BCUT2D eigenvalue weighted by Gasteiger charge is -2.17. The molecule has 0 bridgehead atoms. The molecule has 2 aromatic heterocycles. The third kappa shape index (κ3) is 2.33. The van der Waals surface area contributed by atoms with Crippen molar-refractivity contribution in [3.05, 3.63) is 23.9 Å². The summed E-state index contributed by atoms with van der Waals surface area (Å²) in [6, 6.07) is 2.26. The molecule has 3 heterocycles. The predicted molar refractivity (Wildman–Crippen MR) is 71.2 cm³/mol. The molecule has 102 valence electrons. The van der Waals surface area contributed by atoms with Gasteiger partial charge in [0.15, 0.2) is 5.65 Å². The minimum atomic E-state index is 0.242. The van der Waals surface area contributed by atoms with E-state index >= 15 is 0 Å². The number of rotatable bonds is 4. The van der Waals surface area contributed by atoms with Crippen LogP contribution in [0.15, 0.2) is 12.4 Å². The molecule has 1 fully saturated rings. The molecule has 19 heavy (non-hydrogen) atoms. The SMILES string of the molecule is CCCNC1COCC1c1nnc2cc(C)ncn12. The van der Waals surface area contributed by atoms with Crippen LogP contribution in [-0.4, -0.2) is 45.4 Å². The summed E-state index contributed by atoms with van der Waals surface area (Å²) in [5.74, 6) is 1.18. The van der Waals surface area contributed by atoms with Crippen molar-refractivity contribution in [3.63, 3.8) is 0 Å². The molecule has 0 amide bonds. The monoisotopic (exact) mass is 261 g/mol. The maximum atomic E-state index is 5.60. The number of ether oxygens (including phenoxy) is 1. The second-order valence-electron chi connectivity index (χ2n) is 5.02. The average Bonchev–Trinajstić information content (AvgIpc) is 3.01. The molecule has 0 radical (unpaired) electrons. The van der Waals surface area contributed by atoms with Gasteiger partial charge in [0.2, 0.25) is 0 Å². The fraction of sp³-hybridized carbons (Fsp3) is 0.615. The molecule has 2 aromatic rings. The van der Waals surface area contributed by atoms with Gasteiger partial charge in [-0.3, -0.25) is 4.40 Å². The molecule has 0 spiro atoms. The minimum absolute atomic E-state index is 0.242. The zero-order valence-corrected chi connectivity index (χ0v) is 11.3. The summed E-state index contributed by atoms with van der Waals surface area (Å²) in [5.41, 5.74) is 1.80. The Labute approximate surface area is 112 Å². The molecule has 6 heteroatoms. The number of hydrogen-bond donors (Lipinski definition) is 1. The quantitative estimate of drug-likeness (QED) is 0.886. The minimum Gasteiger partial charge on any atom is -0.379 e. The predicted octanol–water partition coefficient (Wildman–Crippen LogP) is 0.915. The Morgan fingerprint density at radius 3 is 3.16 bits per heavy atom. The highest BCUT2D eigenvalue weighted by molar-refractivity contribution is 5.38. The van der Waals surface area contributed by atoms with Gasteiger partial charge in [-0.1, -0.05) is 6.92 Å². The van der Waals surface area contributed by atoms with Crippen LogP contribution in [0.25, 0.3) is 5.65 Å². The highest BCUT2D eigenvalue weighted by atomic mass is 16.5. The topological polar surface area (TPSA) is 64.3 Å². The largest absolute Gasteiger partial charge is 0.379 e. The molecule has 1 aliphatic rings. The van der Waals surface area contributed by atoms with Crippen LogP contribution < -0.4 is 5.32 Å². The van der Waals surface area contributed by atoms with Crippen LogP contribution in [0.2, 0.25) is 0 Å². The van der Waals surface area contributed by atoms with Gasteiger partial charge in [-0.05, 0) is 19.9 Å². The van der Waals surface area contributed by atoms with E-state index in [0.717, 1.165) is 36.7 Å². The summed E-state index contributed by atoms with van der Waals surface area (Å²) < 4.78 is 7.56. The molecule has 2 unspecified atom stereocenters. The summed E-state index contributed by atoms with van der Waals surface area (Å²) in [6.07, 6.45) is 2.92. The van der Waals surface area contributed by atoms with Crippen LogP contribution in [0.5, 0.6) is 0 Å². The Balaban J connectivity index is 1.90. The van der Waals surface area contributed by atoms with Gasteiger partial charge in [-0.25, -0.2) is 4.98 Å². The lowest BCUT2D eigenvalue weighted by atomic mass is 10.0. The van der Waals surface area contributed by atoms with Gasteiger partial charge in [-0.15, -0.1) is 10.2 Å². The lowest BCUT2D eigenvalue weighted by Crippen LogP contribution is -2.35. The van der Waals surface area contributed by atoms with Crippen LogP contribution in [0.3, 0.4) is 0 Å². The fourth-order valence-corrected chi connectivity index (χ4v) is 2.50. The van der Waals surface area contributed by atoms with E-state index in [0.29, 0.717) is 12.6 Å². The first-order valence-electron chi connectivity index (χ1n) is 6.78. The molecule has 0 aliphatic carbocycles. The lowest BCUT2D eigenvalue weighted by molar-refractivity contribution is 0.187. The van der Waals surface area contributed by atoms with Crippen molar-refractivity contribution in [3.8, 4) is 0 Å². The van der Waals surface area contributed by atoms with Crippen LogP contribution in [0.4, 0.5) is 0 Å². The van der Waals surface area contributed by atoms with Crippen molar-refractivity contribution < 1.29 is 4.74 Å². The second-order valence-corrected chi connectivity index (χ2v) is 5.02. The summed E-state index contributed by atoms with van der Waals surface area (Å²) in [6.45, 7) is 6.54. The van der Waals surface area contributed by atoms with Gasteiger partial charge in [0.1, 0.15) is 12.2 Å². The Bertz CT molecular complexity index is 567. The first kappa shape index (κ1) is 12.5. The van der Waals surface area contributed by atoms with Crippen molar-refractivity contribution in [2.24, 2.45) is 0 Å². The smallest absolute Gasteiger partial charge is 0.163 e. The van der Waals surface area contributed by atoms with Gasteiger partial charge < -0.3 is 10.1 Å². The zero-order chi connectivity index (χ0) is 13.2. The Kier molecular flexibility index (Phi) is 3.44. The number of aromatic nitrogens is 4. The van der Waals surface area contributed by atoms with Crippen molar-refractivity contribution in [2.45, 2.75) is 32.2 Å². The van der Waals surface area contributed by atoms with Crippen LogP contribution >= 0.6 is 0 Å². The summed E-state index contributed by atoms with van der Waals surface area (Å²) in [7, 11) is 0. The number of hydrogen-bond acceptors (Lipinski definition) is 5. The molecule has 3 rings (SSSR count).